The first-order valence-corrected chi connectivity index (χ1v) is 12.7. The number of hydrogen-bond donors (Lipinski definition) is 4. The van der Waals surface area contributed by atoms with Gasteiger partial charge in [0.1, 0.15) is 0 Å². The molecule has 0 aromatic rings. The maximum Gasteiger partial charge on any atom is 0.237 e. The van der Waals surface area contributed by atoms with Gasteiger partial charge in [-0.05, 0) is 43.9 Å². The summed E-state index contributed by atoms with van der Waals surface area (Å²) in [6.45, 7) is 3.24. The van der Waals surface area contributed by atoms with E-state index in [1.807, 2.05) is 0 Å². The Kier molecular flexibility index (Phi) is 7.88. The fourth-order valence-corrected chi connectivity index (χ4v) is 6.49. The summed E-state index contributed by atoms with van der Waals surface area (Å²) in [5.74, 6) is 1.94. The Hall–Kier alpha value is -0.650. The molecule has 0 aromatic carbocycles. The minimum atomic E-state index is 0.192. The highest BCUT2D eigenvalue weighted by molar-refractivity contribution is 5.78. The van der Waals surface area contributed by atoms with Gasteiger partial charge >= 0.3 is 0 Å². The second kappa shape index (κ2) is 10.6. The first-order chi connectivity index (χ1) is 14.2. The summed E-state index contributed by atoms with van der Waals surface area (Å²) in [4.78, 5) is 12.8. The van der Waals surface area contributed by atoms with E-state index in [0.29, 0.717) is 24.0 Å². The zero-order valence-electron chi connectivity index (χ0n) is 18.6. The Morgan fingerprint density at radius 2 is 1.66 bits per heavy atom. The molecule has 4 aliphatic rings. The van der Waals surface area contributed by atoms with E-state index in [2.05, 4.69) is 28.4 Å². The van der Waals surface area contributed by atoms with Crippen LogP contribution in [0.15, 0.2) is 0 Å². The molecule has 0 spiro atoms. The molecule has 3 saturated carbocycles. The van der Waals surface area contributed by atoms with E-state index in [0.717, 1.165) is 25.3 Å². The number of amides is 1. The molecule has 1 saturated heterocycles. The van der Waals surface area contributed by atoms with Crippen molar-refractivity contribution >= 4 is 5.91 Å². The van der Waals surface area contributed by atoms with Gasteiger partial charge in [-0.3, -0.25) is 10.2 Å². The highest BCUT2D eigenvalue weighted by Gasteiger charge is 2.36. The molecule has 29 heavy (non-hydrogen) atoms. The fraction of sp³-hybridized carbons (Fsp3) is 0.958. The normalized spacial score (nSPS) is 39.3. The summed E-state index contributed by atoms with van der Waals surface area (Å²) in [6, 6.07) is 1.91. The molecule has 4 rings (SSSR count). The van der Waals surface area contributed by atoms with Crippen molar-refractivity contribution < 1.29 is 4.79 Å². The third-order valence-corrected chi connectivity index (χ3v) is 8.28. The molecule has 0 bridgehead atoms. The van der Waals surface area contributed by atoms with Crippen LogP contribution in [-0.4, -0.2) is 36.6 Å². The van der Waals surface area contributed by atoms with Crippen molar-refractivity contribution in [3.05, 3.63) is 0 Å². The minimum absolute atomic E-state index is 0.192. The summed E-state index contributed by atoms with van der Waals surface area (Å²) in [5.41, 5.74) is 6.65. The molecule has 0 aromatic heterocycles. The first-order valence-electron chi connectivity index (χ1n) is 12.7. The second-order valence-corrected chi connectivity index (χ2v) is 10.6. The lowest BCUT2D eigenvalue weighted by Gasteiger charge is -2.35. The predicted octanol–water partition coefficient (Wildman–Crippen LogP) is 3.65. The highest BCUT2D eigenvalue weighted by Crippen LogP contribution is 2.30. The van der Waals surface area contributed by atoms with E-state index >= 15 is 0 Å². The number of carbonyl (C=O) groups is 1. The van der Waals surface area contributed by atoms with Crippen molar-refractivity contribution in [2.75, 3.05) is 6.54 Å². The number of nitrogens with one attached hydrogen (secondary N) is 4. The van der Waals surface area contributed by atoms with Gasteiger partial charge < -0.3 is 10.6 Å². The lowest BCUT2D eigenvalue weighted by molar-refractivity contribution is -0.127. The predicted molar refractivity (Wildman–Crippen MR) is 118 cm³/mol. The third-order valence-electron chi connectivity index (χ3n) is 8.28. The van der Waals surface area contributed by atoms with Crippen molar-refractivity contribution in [2.24, 2.45) is 17.8 Å². The first kappa shape index (κ1) is 21.6. The summed E-state index contributed by atoms with van der Waals surface area (Å²) in [5, 5.41) is 7.88. The Labute approximate surface area is 177 Å². The van der Waals surface area contributed by atoms with Crippen LogP contribution in [0, 0.1) is 17.8 Å². The van der Waals surface area contributed by atoms with E-state index in [1.165, 1.54) is 77.0 Å². The number of hydrazine groups is 1. The van der Waals surface area contributed by atoms with Gasteiger partial charge in [-0.2, -0.15) is 0 Å². The van der Waals surface area contributed by atoms with Crippen molar-refractivity contribution in [3.8, 4) is 0 Å². The van der Waals surface area contributed by atoms with Crippen molar-refractivity contribution in [3.63, 3.8) is 0 Å². The Balaban J connectivity index is 1.36. The lowest BCUT2D eigenvalue weighted by Crippen LogP contribution is -2.58. The van der Waals surface area contributed by atoms with Crippen LogP contribution in [0.4, 0.5) is 0 Å². The molecule has 1 aliphatic heterocycles. The van der Waals surface area contributed by atoms with Gasteiger partial charge in [-0.25, -0.2) is 5.43 Å². The van der Waals surface area contributed by atoms with Crippen molar-refractivity contribution in [1.82, 2.24) is 21.5 Å². The maximum atomic E-state index is 12.8. The van der Waals surface area contributed by atoms with Crippen LogP contribution in [0.25, 0.3) is 0 Å². The molecule has 6 atom stereocenters. The van der Waals surface area contributed by atoms with Gasteiger partial charge in [0.05, 0.1) is 6.04 Å². The van der Waals surface area contributed by atoms with Crippen LogP contribution in [0.5, 0.6) is 0 Å². The Bertz CT molecular complexity index is 521. The van der Waals surface area contributed by atoms with Crippen LogP contribution < -0.4 is 21.5 Å². The molecule has 0 radical (unpaired) electrons. The number of hydrogen-bond acceptors (Lipinski definition) is 4. The van der Waals surface area contributed by atoms with E-state index < -0.39 is 0 Å². The number of rotatable bonds is 5. The van der Waals surface area contributed by atoms with Crippen LogP contribution in [0.1, 0.15) is 96.8 Å². The standard InChI is InChI=1S/C24H44N4O/c1-17-8-7-11-19(14-17)24(29)28-27-23-16-25-20-12-5-6-13-21(20)26-22(23)15-18-9-3-2-4-10-18/h17-23,25-27H,2-16H2,1H3,(H,28,29)/t17?,19-,20-,21+,22-,23?/m0/s1. The minimum Gasteiger partial charge on any atom is -0.311 e. The molecule has 166 valence electrons. The molecule has 2 unspecified atom stereocenters. The Morgan fingerprint density at radius 3 is 2.45 bits per heavy atom. The molecule has 1 heterocycles. The second-order valence-electron chi connectivity index (χ2n) is 10.6. The molecule has 5 nitrogen and oxygen atoms in total. The van der Waals surface area contributed by atoms with Crippen LogP contribution in [-0.2, 0) is 4.79 Å². The monoisotopic (exact) mass is 404 g/mol. The SMILES string of the molecule is CC1CCC[C@H](C(=O)NNC2CN[C@H]3CCCC[C@H]3N[C@H]2CC2CCCCC2)C1. The lowest BCUT2D eigenvalue weighted by atomic mass is 9.82. The van der Waals surface area contributed by atoms with Gasteiger partial charge in [0.15, 0.2) is 0 Å². The number of carbonyl (C=O) groups excluding carboxylic acids is 1. The van der Waals surface area contributed by atoms with E-state index in [1.54, 1.807) is 0 Å². The highest BCUT2D eigenvalue weighted by atomic mass is 16.2. The zero-order chi connectivity index (χ0) is 20.1. The zero-order valence-corrected chi connectivity index (χ0v) is 18.6. The van der Waals surface area contributed by atoms with Gasteiger partial charge in [0.25, 0.3) is 0 Å². The molecule has 4 fully saturated rings. The van der Waals surface area contributed by atoms with Crippen molar-refractivity contribution in [1.29, 1.82) is 0 Å². The molecular formula is C24H44N4O. The average molecular weight is 405 g/mol. The molecule has 3 aliphatic carbocycles. The van der Waals surface area contributed by atoms with Gasteiger partial charge in [0.2, 0.25) is 5.91 Å². The molecule has 5 heteroatoms. The Morgan fingerprint density at radius 1 is 0.897 bits per heavy atom. The van der Waals surface area contributed by atoms with E-state index in [9.17, 15) is 4.79 Å². The molecule has 4 N–H and O–H groups in total. The van der Waals surface area contributed by atoms with Crippen molar-refractivity contribution in [2.45, 2.75) is 121 Å². The fourth-order valence-electron chi connectivity index (χ4n) is 6.49. The smallest absolute Gasteiger partial charge is 0.237 e. The quantitative estimate of drug-likeness (QED) is 0.528. The van der Waals surface area contributed by atoms with Crippen LogP contribution >= 0.6 is 0 Å². The van der Waals surface area contributed by atoms with Crippen LogP contribution in [0.3, 0.4) is 0 Å². The summed E-state index contributed by atoms with van der Waals surface area (Å²) >= 11 is 0. The summed E-state index contributed by atoms with van der Waals surface area (Å²) in [7, 11) is 0. The third kappa shape index (κ3) is 5.95. The maximum absolute atomic E-state index is 12.8. The van der Waals surface area contributed by atoms with Gasteiger partial charge in [-0.1, -0.05) is 64.7 Å². The van der Waals surface area contributed by atoms with Gasteiger partial charge in [0, 0.05) is 30.6 Å². The van der Waals surface area contributed by atoms with E-state index in [4.69, 9.17) is 0 Å². The molecular weight excluding hydrogens is 360 g/mol. The van der Waals surface area contributed by atoms with Crippen LogP contribution in [0.2, 0.25) is 0 Å². The van der Waals surface area contributed by atoms with Gasteiger partial charge in [-0.15, -0.1) is 0 Å². The molecule has 1 amide bonds. The largest absolute Gasteiger partial charge is 0.311 e. The average Bonchev–Trinajstić information content (AvgIpc) is 2.92. The summed E-state index contributed by atoms with van der Waals surface area (Å²) in [6.07, 6.45) is 18.1. The topological polar surface area (TPSA) is 65.2 Å². The summed E-state index contributed by atoms with van der Waals surface area (Å²) < 4.78 is 0. The number of fused-ring (bicyclic) bond motifs is 1. The van der Waals surface area contributed by atoms with E-state index in [-0.39, 0.29) is 17.9 Å².